The summed E-state index contributed by atoms with van der Waals surface area (Å²) in [6.07, 6.45) is 4.54. The molecule has 0 fully saturated rings. The predicted octanol–water partition coefficient (Wildman–Crippen LogP) is 2.04. The van der Waals surface area contributed by atoms with E-state index in [1.54, 1.807) is 26.1 Å². The van der Waals surface area contributed by atoms with Crippen molar-refractivity contribution in [2.24, 2.45) is 0 Å². The Morgan fingerprint density at radius 2 is 1.91 bits per heavy atom. The Labute approximate surface area is 125 Å². The third-order valence-corrected chi connectivity index (χ3v) is 3.14. The highest BCUT2D eigenvalue weighted by molar-refractivity contribution is 6.08. The Kier molecular flexibility index (Phi) is 3.46. The van der Waals surface area contributed by atoms with Crippen molar-refractivity contribution in [3.8, 4) is 5.69 Å². The number of ketones is 1. The molecule has 0 aliphatic heterocycles. The van der Waals surface area contributed by atoms with Gasteiger partial charge in [0.1, 0.15) is 11.5 Å². The third-order valence-electron chi connectivity index (χ3n) is 3.14. The molecule has 110 valence electrons. The topological polar surface area (TPSA) is 73.6 Å². The SMILES string of the molecule is Cc1cnc(C)c(C(=O)c2ccc(-n3nccn3)cc2F)n1. The lowest BCUT2D eigenvalue weighted by molar-refractivity contribution is 0.102. The van der Waals surface area contributed by atoms with Gasteiger partial charge in [0.25, 0.3) is 0 Å². The molecule has 0 spiro atoms. The molecule has 6 nitrogen and oxygen atoms in total. The van der Waals surface area contributed by atoms with E-state index in [4.69, 9.17) is 0 Å². The monoisotopic (exact) mass is 297 g/mol. The number of aryl methyl sites for hydroxylation is 2. The summed E-state index contributed by atoms with van der Waals surface area (Å²) in [6, 6.07) is 4.19. The summed E-state index contributed by atoms with van der Waals surface area (Å²) in [5, 5.41) is 7.84. The van der Waals surface area contributed by atoms with E-state index in [1.165, 1.54) is 29.3 Å². The number of carbonyl (C=O) groups excluding carboxylic acids is 1. The van der Waals surface area contributed by atoms with Crippen molar-refractivity contribution in [1.29, 1.82) is 0 Å². The van der Waals surface area contributed by atoms with Gasteiger partial charge in [0.05, 0.1) is 35.0 Å². The first-order chi connectivity index (χ1) is 10.6. The third kappa shape index (κ3) is 2.48. The summed E-state index contributed by atoms with van der Waals surface area (Å²) in [6.45, 7) is 3.39. The fourth-order valence-corrected chi connectivity index (χ4v) is 2.04. The van der Waals surface area contributed by atoms with Gasteiger partial charge < -0.3 is 0 Å². The second-order valence-electron chi connectivity index (χ2n) is 4.76. The molecule has 3 rings (SSSR count). The molecule has 0 unspecified atom stereocenters. The molecule has 0 radical (unpaired) electrons. The molecule has 1 aromatic carbocycles. The number of halogens is 1. The molecule has 2 heterocycles. The normalized spacial score (nSPS) is 10.7. The minimum absolute atomic E-state index is 0.0566. The molecule has 22 heavy (non-hydrogen) atoms. The van der Waals surface area contributed by atoms with E-state index in [0.717, 1.165) is 0 Å². The van der Waals surface area contributed by atoms with E-state index >= 15 is 0 Å². The Morgan fingerprint density at radius 3 is 2.59 bits per heavy atom. The van der Waals surface area contributed by atoms with Crippen molar-refractivity contribution in [3.63, 3.8) is 0 Å². The fourth-order valence-electron chi connectivity index (χ4n) is 2.04. The molecule has 0 saturated heterocycles. The van der Waals surface area contributed by atoms with Crippen LogP contribution in [0.1, 0.15) is 27.4 Å². The lowest BCUT2D eigenvalue weighted by atomic mass is 10.1. The van der Waals surface area contributed by atoms with Gasteiger partial charge in [-0.2, -0.15) is 15.0 Å². The van der Waals surface area contributed by atoms with E-state index in [1.807, 2.05) is 0 Å². The number of hydrogen-bond acceptors (Lipinski definition) is 5. The van der Waals surface area contributed by atoms with Crippen LogP contribution in [0.5, 0.6) is 0 Å². The highest BCUT2D eigenvalue weighted by Crippen LogP contribution is 2.17. The number of aromatic nitrogens is 5. The van der Waals surface area contributed by atoms with Gasteiger partial charge in [-0.25, -0.2) is 9.37 Å². The Bertz CT molecular complexity index is 845. The highest BCUT2D eigenvalue weighted by atomic mass is 19.1. The smallest absolute Gasteiger partial charge is 0.216 e. The Hall–Kier alpha value is -2.96. The van der Waals surface area contributed by atoms with E-state index < -0.39 is 11.6 Å². The number of nitrogens with zero attached hydrogens (tertiary/aromatic N) is 5. The summed E-state index contributed by atoms with van der Waals surface area (Å²) in [5.41, 5.74) is 1.61. The average Bonchev–Trinajstić information content (AvgIpc) is 3.03. The van der Waals surface area contributed by atoms with Gasteiger partial charge >= 0.3 is 0 Å². The molecule has 0 bridgehead atoms. The molecule has 0 aliphatic rings. The minimum Gasteiger partial charge on any atom is -0.287 e. The van der Waals surface area contributed by atoms with Crippen molar-refractivity contribution in [2.75, 3.05) is 0 Å². The summed E-state index contributed by atoms with van der Waals surface area (Å²) < 4.78 is 14.3. The van der Waals surface area contributed by atoms with Crippen LogP contribution < -0.4 is 0 Å². The van der Waals surface area contributed by atoms with Crippen LogP contribution in [-0.2, 0) is 0 Å². The first-order valence-electron chi connectivity index (χ1n) is 6.57. The molecule has 0 N–H and O–H groups in total. The molecule has 2 aromatic heterocycles. The standard InChI is InChI=1S/C15H12FN5O/c1-9-8-17-10(2)14(20-9)15(22)12-4-3-11(7-13(12)16)21-18-5-6-19-21/h3-8H,1-2H3. The van der Waals surface area contributed by atoms with Gasteiger partial charge in [0.2, 0.25) is 5.78 Å². The second kappa shape index (κ2) is 5.44. The van der Waals surface area contributed by atoms with Crippen LogP contribution >= 0.6 is 0 Å². The van der Waals surface area contributed by atoms with Gasteiger partial charge in [-0.05, 0) is 26.0 Å². The molecule has 0 saturated carbocycles. The van der Waals surface area contributed by atoms with E-state index in [9.17, 15) is 9.18 Å². The van der Waals surface area contributed by atoms with Gasteiger partial charge in [0.15, 0.2) is 0 Å². The van der Waals surface area contributed by atoms with Crippen LogP contribution in [0.3, 0.4) is 0 Å². The maximum Gasteiger partial charge on any atom is 0.216 e. The molecule has 0 amide bonds. The maximum atomic E-state index is 14.3. The molecule has 0 atom stereocenters. The van der Waals surface area contributed by atoms with Gasteiger partial charge in [-0.1, -0.05) is 0 Å². The number of benzene rings is 1. The van der Waals surface area contributed by atoms with Crippen LogP contribution in [0.4, 0.5) is 4.39 Å². The van der Waals surface area contributed by atoms with Crippen molar-refractivity contribution >= 4 is 5.78 Å². The zero-order chi connectivity index (χ0) is 15.7. The predicted molar refractivity (Wildman–Crippen MR) is 76.3 cm³/mol. The van der Waals surface area contributed by atoms with Gasteiger partial charge in [0, 0.05) is 12.3 Å². The second-order valence-corrected chi connectivity index (χ2v) is 4.76. The fraction of sp³-hybridized carbons (Fsp3) is 0.133. The molecular formula is C15H12FN5O. The zero-order valence-corrected chi connectivity index (χ0v) is 12.0. The summed E-state index contributed by atoms with van der Waals surface area (Å²) in [7, 11) is 0. The minimum atomic E-state index is -0.650. The average molecular weight is 297 g/mol. The molecule has 3 aromatic rings. The van der Waals surface area contributed by atoms with Crippen molar-refractivity contribution in [2.45, 2.75) is 13.8 Å². The summed E-state index contributed by atoms with van der Waals surface area (Å²) in [4.78, 5) is 22.0. The lowest BCUT2D eigenvalue weighted by Gasteiger charge is -2.07. The number of carbonyl (C=O) groups is 1. The highest BCUT2D eigenvalue weighted by Gasteiger charge is 2.19. The van der Waals surface area contributed by atoms with Crippen molar-refractivity contribution in [3.05, 3.63) is 65.3 Å². The molecular weight excluding hydrogens is 285 g/mol. The van der Waals surface area contributed by atoms with Crippen LogP contribution in [0, 0.1) is 19.7 Å². The first kappa shape index (κ1) is 14.0. The van der Waals surface area contributed by atoms with E-state index in [2.05, 4.69) is 20.2 Å². The lowest BCUT2D eigenvalue weighted by Crippen LogP contribution is -2.11. The van der Waals surface area contributed by atoms with Gasteiger partial charge in [-0.3, -0.25) is 9.78 Å². The molecule has 7 heteroatoms. The van der Waals surface area contributed by atoms with E-state index in [-0.39, 0.29) is 11.3 Å². The summed E-state index contributed by atoms with van der Waals surface area (Å²) >= 11 is 0. The molecule has 0 aliphatic carbocycles. The number of hydrogen-bond donors (Lipinski definition) is 0. The van der Waals surface area contributed by atoms with E-state index in [0.29, 0.717) is 17.1 Å². The van der Waals surface area contributed by atoms with Crippen LogP contribution in [0.2, 0.25) is 0 Å². The first-order valence-corrected chi connectivity index (χ1v) is 6.57. The quantitative estimate of drug-likeness (QED) is 0.692. The van der Waals surface area contributed by atoms with Crippen LogP contribution in [0.25, 0.3) is 5.69 Å². The largest absolute Gasteiger partial charge is 0.287 e. The Balaban J connectivity index is 2.02. The summed E-state index contributed by atoms with van der Waals surface area (Å²) in [5.74, 6) is -1.14. The van der Waals surface area contributed by atoms with Gasteiger partial charge in [-0.15, -0.1) is 0 Å². The van der Waals surface area contributed by atoms with Crippen LogP contribution in [-0.4, -0.2) is 30.7 Å². The van der Waals surface area contributed by atoms with Crippen molar-refractivity contribution < 1.29 is 9.18 Å². The number of rotatable bonds is 3. The zero-order valence-electron chi connectivity index (χ0n) is 12.0. The Morgan fingerprint density at radius 1 is 1.18 bits per heavy atom. The van der Waals surface area contributed by atoms with Crippen LogP contribution in [0.15, 0.2) is 36.8 Å². The van der Waals surface area contributed by atoms with Crippen molar-refractivity contribution in [1.82, 2.24) is 25.0 Å². The maximum absolute atomic E-state index is 14.3.